The lowest BCUT2D eigenvalue weighted by Crippen LogP contribution is -2.39. The molecular formula is C29H33NO2. The summed E-state index contributed by atoms with van der Waals surface area (Å²) in [4.78, 5) is 15.9. The lowest BCUT2D eigenvalue weighted by atomic mass is 9.94. The van der Waals surface area contributed by atoms with Crippen LogP contribution in [0.2, 0.25) is 0 Å². The van der Waals surface area contributed by atoms with Crippen molar-refractivity contribution in [1.82, 2.24) is 4.90 Å². The molecule has 3 atom stereocenters. The molecule has 3 aromatic rings. The summed E-state index contributed by atoms with van der Waals surface area (Å²) in [5.74, 6) is -0.349. The molecule has 0 radical (unpaired) electrons. The summed E-state index contributed by atoms with van der Waals surface area (Å²) >= 11 is 0. The Bertz CT molecular complexity index is 1040. The number of ether oxygens (including phenoxy) is 1. The summed E-state index contributed by atoms with van der Waals surface area (Å²) in [5.41, 5.74) is 4.46. The van der Waals surface area contributed by atoms with Crippen molar-refractivity contribution in [2.24, 2.45) is 5.92 Å². The maximum atomic E-state index is 13.4. The predicted molar refractivity (Wildman–Crippen MR) is 129 cm³/mol. The van der Waals surface area contributed by atoms with Crippen LogP contribution in [-0.4, -0.2) is 16.5 Å². The molecule has 0 aliphatic heterocycles. The number of fused-ring (bicyclic) bond motifs is 1. The van der Waals surface area contributed by atoms with Crippen LogP contribution in [0.5, 0.6) is 0 Å². The van der Waals surface area contributed by atoms with Crippen molar-refractivity contribution in [2.45, 2.75) is 58.3 Å². The summed E-state index contributed by atoms with van der Waals surface area (Å²) in [6.07, 6.45) is 0.711. The zero-order valence-corrected chi connectivity index (χ0v) is 19.5. The smallest absolute Gasteiger partial charge is 0.311 e. The monoisotopic (exact) mass is 427 g/mol. The number of benzene rings is 3. The van der Waals surface area contributed by atoms with Gasteiger partial charge in [-0.1, -0.05) is 84.9 Å². The minimum absolute atomic E-state index is 0.0449. The van der Waals surface area contributed by atoms with E-state index in [1.54, 1.807) is 0 Å². The number of rotatable bonds is 6. The van der Waals surface area contributed by atoms with Crippen LogP contribution in [0.25, 0.3) is 0 Å². The van der Waals surface area contributed by atoms with Gasteiger partial charge in [0, 0.05) is 18.6 Å². The number of hydrogen-bond donors (Lipinski definition) is 0. The Hall–Kier alpha value is -2.91. The Morgan fingerprint density at radius 2 is 1.53 bits per heavy atom. The Morgan fingerprint density at radius 1 is 0.938 bits per heavy atom. The van der Waals surface area contributed by atoms with Crippen molar-refractivity contribution in [1.29, 1.82) is 0 Å². The van der Waals surface area contributed by atoms with E-state index in [1.165, 1.54) is 22.3 Å². The molecule has 0 heterocycles. The van der Waals surface area contributed by atoms with Gasteiger partial charge in [0.05, 0.1) is 5.92 Å². The molecule has 0 saturated carbocycles. The van der Waals surface area contributed by atoms with Crippen molar-refractivity contribution in [2.75, 3.05) is 0 Å². The van der Waals surface area contributed by atoms with Gasteiger partial charge in [-0.25, -0.2) is 0 Å². The van der Waals surface area contributed by atoms with Gasteiger partial charge in [-0.2, -0.15) is 0 Å². The predicted octanol–water partition coefficient (Wildman–Crippen LogP) is 6.51. The van der Waals surface area contributed by atoms with Gasteiger partial charge in [0.1, 0.15) is 5.60 Å². The van der Waals surface area contributed by atoms with Crippen LogP contribution in [0.15, 0.2) is 84.9 Å². The lowest BCUT2D eigenvalue weighted by Gasteiger charge is -2.38. The molecule has 1 aliphatic carbocycles. The van der Waals surface area contributed by atoms with Crippen LogP contribution in [-0.2, 0) is 22.5 Å². The van der Waals surface area contributed by atoms with E-state index in [2.05, 4.69) is 84.6 Å². The minimum Gasteiger partial charge on any atom is -0.460 e. The molecule has 3 nitrogen and oxygen atoms in total. The molecule has 166 valence electrons. The van der Waals surface area contributed by atoms with Gasteiger partial charge in [-0.15, -0.1) is 0 Å². The fourth-order valence-corrected chi connectivity index (χ4v) is 4.77. The van der Waals surface area contributed by atoms with Gasteiger partial charge < -0.3 is 4.74 Å². The van der Waals surface area contributed by atoms with E-state index in [4.69, 9.17) is 4.74 Å². The molecule has 0 saturated heterocycles. The first-order valence-corrected chi connectivity index (χ1v) is 11.5. The SMILES string of the molecule is C[C@@H](c1ccccc1)N(Cc1ccccc1)[C@H]1c2ccccc2C[C@@H]1C(=O)OC(C)(C)C. The van der Waals surface area contributed by atoms with Gasteiger partial charge in [-0.05, 0) is 56.4 Å². The first-order chi connectivity index (χ1) is 15.3. The molecule has 3 aromatic carbocycles. The first-order valence-electron chi connectivity index (χ1n) is 11.5. The van der Waals surface area contributed by atoms with E-state index in [0.717, 1.165) is 6.54 Å². The van der Waals surface area contributed by atoms with Crippen LogP contribution in [0, 0.1) is 5.92 Å². The highest BCUT2D eigenvalue weighted by molar-refractivity contribution is 5.76. The van der Waals surface area contributed by atoms with E-state index in [-0.39, 0.29) is 24.0 Å². The highest BCUT2D eigenvalue weighted by atomic mass is 16.6. The molecule has 0 bridgehead atoms. The molecule has 0 amide bonds. The van der Waals surface area contributed by atoms with E-state index in [0.29, 0.717) is 6.42 Å². The fraction of sp³-hybridized carbons (Fsp3) is 0.345. The molecule has 0 aromatic heterocycles. The number of carbonyl (C=O) groups is 1. The highest BCUT2D eigenvalue weighted by Gasteiger charge is 2.44. The number of nitrogens with zero attached hydrogens (tertiary/aromatic N) is 1. The molecule has 1 aliphatic rings. The van der Waals surface area contributed by atoms with E-state index in [9.17, 15) is 4.79 Å². The molecule has 0 N–H and O–H groups in total. The highest BCUT2D eigenvalue weighted by Crippen LogP contribution is 2.45. The second kappa shape index (κ2) is 9.30. The van der Waals surface area contributed by atoms with Gasteiger partial charge in [0.25, 0.3) is 0 Å². The summed E-state index contributed by atoms with van der Waals surface area (Å²) in [5, 5.41) is 0. The van der Waals surface area contributed by atoms with E-state index < -0.39 is 5.60 Å². The largest absolute Gasteiger partial charge is 0.460 e. The summed E-state index contributed by atoms with van der Waals surface area (Å²) < 4.78 is 5.90. The van der Waals surface area contributed by atoms with Gasteiger partial charge in [0.2, 0.25) is 0 Å². The molecule has 0 unspecified atom stereocenters. The van der Waals surface area contributed by atoms with E-state index >= 15 is 0 Å². The normalized spacial score (nSPS) is 18.9. The average Bonchev–Trinajstić information content (AvgIpc) is 3.17. The van der Waals surface area contributed by atoms with Gasteiger partial charge in [-0.3, -0.25) is 9.69 Å². The number of carbonyl (C=O) groups excluding carboxylic acids is 1. The van der Waals surface area contributed by atoms with Crippen molar-refractivity contribution in [3.05, 3.63) is 107 Å². The third-order valence-corrected chi connectivity index (χ3v) is 6.25. The Labute approximate surface area is 192 Å². The molecular weight excluding hydrogens is 394 g/mol. The average molecular weight is 428 g/mol. The summed E-state index contributed by atoms with van der Waals surface area (Å²) in [6, 6.07) is 29.7. The van der Waals surface area contributed by atoms with Gasteiger partial charge in [0.15, 0.2) is 0 Å². The maximum Gasteiger partial charge on any atom is 0.311 e. The zero-order valence-electron chi connectivity index (χ0n) is 19.5. The van der Waals surface area contributed by atoms with Gasteiger partial charge >= 0.3 is 5.97 Å². The van der Waals surface area contributed by atoms with Crippen LogP contribution in [0.1, 0.15) is 62.0 Å². The Morgan fingerprint density at radius 3 is 2.19 bits per heavy atom. The zero-order chi connectivity index (χ0) is 22.7. The van der Waals surface area contributed by atoms with Crippen LogP contribution in [0.4, 0.5) is 0 Å². The number of hydrogen-bond acceptors (Lipinski definition) is 3. The molecule has 32 heavy (non-hydrogen) atoms. The van der Waals surface area contributed by atoms with E-state index in [1.807, 2.05) is 32.9 Å². The minimum atomic E-state index is -0.508. The summed E-state index contributed by atoms with van der Waals surface area (Å²) in [6.45, 7) is 8.82. The topological polar surface area (TPSA) is 29.5 Å². The third kappa shape index (κ3) is 4.94. The van der Waals surface area contributed by atoms with Crippen LogP contribution in [0.3, 0.4) is 0 Å². The Kier molecular flexibility index (Phi) is 6.48. The quantitative estimate of drug-likeness (QED) is 0.420. The Balaban J connectivity index is 1.77. The first kappa shape index (κ1) is 22.3. The van der Waals surface area contributed by atoms with Crippen LogP contribution < -0.4 is 0 Å². The molecule has 0 fully saturated rings. The molecule has 4 rings (SSSR count). The molecule has 3 heteroatoms. The number of esters is 1. The van der Waals surface area contributed by atoms with Crippen molar-refractivity contribution in [3.8, 4) is 0 Å². The van der Waals surface area contributed by atoms with Crippen LogP contribution >= 0.6 is 0 Å². The lowest BCUT2D eigenvalue weighted by molar-refractivity contribution is -0.162. The second-order valence-electron chi connectivity index (χ2n) is 9.73. The maximum absolute atomic E-state index is 13.4. The molecule has 0 spiro atoms. The third-order valence-electron chi connectivity index (χ3n) is 6.25. The second-order valence-corrected chi connectivity index (χ2v) is 9.73. The fourth-order valence-electron chi connectivity index (χ4n) is 4.77. The standard InChI is InChI=1S/C29H33NO2/c1-21(23-15-9-6-10-16-23)30(20-22-13-7-5-8-14-22)27-25-18-12-11-17-24(25)19-26(27)28(31)32-29(2,3)4/h5-18,21,26-27H,19-20H2,1-4H3/t21-,26-,27-/m0/s1. The van der Waals surface area contributed by atoms with Crippen molar-refractivity contribution in [3.63, 3.8) is 0 Å². The van der Waals surface area contributed by atoms with Crippen molar-refractivity contribution >= 4 is 5.97 Å². The van der Waals surface area contributed by atoms with Crippen molar-refractivity contribution < 1.29 is 9.53 Å². The summed E-state index contributed by atoms with van der Waals surface area (Å²) in [7, 11) is 0.